The van der Waals surface area contributed by atoms with Gasteiger partial charge in [-0.25, -0.2) is 0 Å². The van der Waals surface area contributed by atoms with Crippen LogP contribution in [0.5, 0.6) is 0 Å². The van der Waals surface area contributed by atoms with Crippen LogP contribution in [0.25, 0.3) is 0 Å². The molecular weight excluding hydrogens is 336 g/mol. The average Bonchev–Trinajstić information content (AvgIpc) is 2.65. The van der Waals surface area contributed by atoms with Crippen molar-refractivity contribution in [3.8, 4) is 0 Å². The van der Waals surface area contributed by atoms with E-state index in [-0.39, 0.29) is 24.3 Å². The number of amides is 2. The minimum Gasteiger partial charge on any atom is -0.356 e. The van der Waals surface area contributed by atoms with Crippen molar-refractivity contribution in [2.45, 2.75) is 39.7 Å². The molecule has 2 rings (SSSR count). The van der Waals surface area contributed by atoms with Gasteiger partial charge in [-0.05, 0) is 29.4 Å². The molecule has 2 atom stereocenters. The molecule has 27 heavy (non-hydrogen) atoms. The second-order valence-corrected chi connectivity index (χ2v) is 7.37. The largest absolute Gasteiger partial charge is 0.356 e. The van der Waals surface area contributed by atoms with Crippen molar-refractivity contribution in [3.05, 3.63) is 71.8 Å². The number of rotatable bonds is 9. The maximum Gasteiger partial charge on any atom is 0.222 e. The fourth-order valence-electron chi connectivity index (χ4n) is 3.15. The van der Waals surface area contributed by atoms with Gasteiger partial charge in [0.1, 0.15) is 0 Å². The Labute approximate surface area is 162 Å². The topological polar surface area (TPSA) is 58.2 Å². The van der Waals surface area contributed by atoms with Crippen LogP contribution in [0.2, 0.25) is 0 Å². The lowest BCUT2D eigenvalue weighted by Crippen LogP contribution is -2.36. The molecule has 2 amide bonds. The normalized spacial score (nSPS) is 13.0. The molecule has 0 saturated heterocycles. The van der Waals surface area contributed by atoms with Gasteiger partial charge in [-0.1, -0.05) is 74.5 Å². The molecular formula is C23H30N2O2. The van der Waals surface area contributed by atoms with E-state index in [9.17, 15) is 9.59 Å². The highest BCUT2D eigenvalue weighted by Crippen LogP contribution is 2.18. The van der Waals surface area contributed by atoms with Gasteiger partial charge in [0.05, 0.1) is 12.5 Å². The first-order valence-electron chi connectivity index (χ1n) is 9.58. The first-order chi connectivity index (χ1) is 13.0. The second-order valence-electron chi connectivity index (χ2n) is 7.37. The van der Waals surface area contributed by atoms with Crippen LogP contribution in [-0.2, 0) is 16.0 Å². The molecule has 2 aromatic carbocycles. The Bertz CT molecular complexity index is 714. The molecule has 0 aliphatic carbocycles. The van der Waals surface area contributed by atoms with Crippen LogP contribution in [0.1, 0.15) is 44.4 Å². The van der Waals surface area contributed by atoms with Crippen LogP contribution in [-0.4, -0.2) is 18.4 Å². The molecule has 2 N–H and O–H groups in total. The number of carbonyl (C=O) groups excluding carboxylic acids is 2. The molecule has 0 bridgehead atoms. The predicted molar refractivity (Wildman–Crippen MR) is 109 cm³/mol. The standard InChI is InChI=1S/C23H30N2O2/c1-17(2)21(14-19-10-6-4-7-11-19)16-24-23(27)15-22(25-18(3)26)20-12-8-5-9-13-20/h4-13,17,21-22H,14-16H2,1-3H3,(H,24,27)(H,25,26)/t21-,22+/m0/s1. The Morgan fingerprint density at radius 3 is 2.07 bits per heavy atom. The third-order valence-corrected chi connectivity index (χ3v) is 4.81. The first-order valence-corrected chi connectivity index (χ1v) is 9.58. The smallest absolute Gasteiger partial charge is 0.222 e. The zero-order valence-corrected chi connectivity index (χ0v) is 16.4. The zero-order valence-electron chi connectivity index (χ0n) is 16.4. The highest BCUT2D eigenvalue weighted by molar-refractivity contribution is 5.79. The first kappa shape index (κ1) is 20.7. The lowest BCUT2D eigenvalue weighted by molar-refractivity contribution is -0.123. The van der Waals surface area contributed by atoms with E-state index in [0.29, 0.717) is 18.4 Å². The molecule has 0 heterocycles. The van der Waals surface area contributed by atoms with Gasteiger partial charge in [-0.3, -0.25) is 9.59 Å². The van der Waals surface area contributed by atoms with Gasteiger partial charge in [0.25, 0.3) is 0 Å². The Balaban J connectivity index is 1.94. The highest BCUT2D eigenvalue weighted by Gasteiger charge is 2.19. The van der Waals surface area contributed by atoms with Crippen LogP contribution >= 0.6 is 0 Å². The third-order valence-electron chi connectivity index (χ3n) is 4.81. The number of benzene rings is 2. The minimum absolute atomic E-state index is 0.0451. The summed E-state index contributed by atoms with van der Waals surface area (Å²) in [6.07, 6.45) is 1.17. The van der Waals surface area contributed by atoms with Gasteiger partial charge < -0.3 is 10.6 Å². The summed E-state index contributed by atoms with van der Waals surface area (Å²) in [5.41, 5.74) is 2.22. The maximum absolute atomic E-state index is 12.5. The van der Waals surface area contributed by atoms with E-state index >= 15 is 0 Å². The van der Waals surface area contributed by atoms with Crippen molar-refractivity contribution < 1.29 is 9.59 Å². The summed E-state index contributed by atoms with van der Waals surface area (Å²) in [5.74, 6) is 0.648. The summed E-state index contributed by atoms with van der Waals surface area (Å²) in [7, 11) is 0. The van der Waals surface area contributed by atoms with Gasteiger partial charge in [0.15, 0.2) is 0 Å². The van der Waals surface area contributed by atoms with Gasteiger partial charge in [0, 0.05) is 13.5 Å². The number of nitrogens with one attached hydrogen (secondary N) is 2. The second kappa shape index (κ2) is 10.5. The summed E-state index contributed by atoms with van der Waals surface area (Å²) < 4.78 is 0. The number of carbonyl (C=O) groups is 2. The molecule has 0 fully saturated rings. The van der Waals surface area contributed by atoms with Gasteiger partial charge in [-0.2, -0.15) is 0 Å². The van der Waals surface area contributed by atoms with Gasteiger partial charge in [0.2, 0.25) is 11.8 Å². The molecule has 0 radical (unpaired) electrons. The van der Waals surface area contributed by atoms with E-state index in [1.54, 1.807) is 0 Å². The van der Waals surface area contributed by atoms with E-state index in [2.05, 4.69) is 36.6 Å². The van der Waals surface area contributed by atoms with Gasteiger partial charge >= 0.3 is 0 Å². The molecule has 144 valence electrons. The van der Waals surface area contributed by atoms with Crippen LogP contribution in [0.15, 0.2) is 60.7 Å². The summed E-state index contributed by atoms with van der Waals surface area (Å²) in [6.45, 7) is 6.48. The molecule has 4 heteroatoms. The van der Waals surface area contributed by atoms with Crippen molar-refractivity contribution in [2.75, 3.05) is 6.54 Å². The Kier molecular flexibility index (Phi) is 8.05. The molecule has 0 aromatic heterocycles. The summed E-state index contributed by atoms with van der Waals surface area (Å²) in [4.78, 5) is 24.1. The van der Waals surface area contributed by atoms with Crippen LogP contribution < -0.4 is 10.6 Å². The SMILES string of the molecule is CC(=O)N[C@H](CC(=O)NC[C@H](Cc1ccccc1)C(C)C)c1ccccc1. The molecule has 2 aromatic rings. The van der Waals surface area contributed by atoms with E-state index in [4.69, 9.17) is 0 Å². The molecule has 0 aliphatic heterocycles. The van der Waals surface area contributed by atoms with Crippen molar-refractivity contribution >= 4 is 11.8 Å². The predicted octanol–water partition coefficient (Wildman–Crippen LogP) is 3.89. The van der Waals surface area contributed by atoms with Crippen LogP contribution in [0, 0.1) is 11.8 Å². The van der Waals surface area contributed by atoms with Crippen LogP contribution in [0.3, 0.4) is 0 Å². The van der Waals surface area contributed by atoms with Crippen molar-refractivity contribution in [1.82, 2.24) is 10.6 Å². The molecule has 0 spiro atoms. The zero-order chi connectivity index (χ0) is 19.6. The fourth-order valence-corrected chi connectivity index (χ4v) is 3.15. The quantitative estimate of drug-likeness (QED) is 0.707. The lowest BCUT2D eigenvalue weighted by Gasteiger charge is -2.23. The Morgan fingerprint density at radius 2 is 1.52 bits per heavy atom. The summed E-state index contributed by atoms with van der Waals surface area (Å²) >= 11 is 0. The molecule has 0 aliphatic rings. The van der Waals surface area contributed by atoms with Gasteiger partial charge in [-0.15, -0.1) is 0 Å². The van der Waals surface area contributed by atoms with E-state index < -0.39 is 0 Å². The molecule has 0 saturated carbocycles. The highest BCUT2D eigenvalue weighted by atomic mass is 16.2. The fraction of sp³-hybridized carbons (Fsp3) is 0.391. The van der Waals surface area contributed by atoms with Crippen molar-refractivity contribution in [3.63, 3.8) is 0 Å². The number of hydrogen-bond acceptors (Lipinski definition) is 2. The average molecular weight is 367 g/mol. The monoisotopic (exact) mass is 366 g/mol. The Morgan fingerprint density at radius 1 is 0.926 bits per heavy atom. The molecule has 4 nitrogen and oxygen atoms in total. The van der Waals surface area contributed by atoms with E-state index in [1.165, 1.54) is 12.5 Å². The van der Waals surface area contributed by atoms with Crippen molar-refractivity contribution in [2.24, 2.45) is 11.8 Å². The summed E-state index contributed by atoms with van der Waals surface area (Å²) in [5, 5.41) is 5.95. The van der Waals surface area contributed by atoms with Crippen molar-refractivity contribution in [1.29, 1.82) is 0 Å². The molecule has 0 unspecified atom stereocenters. The number of hydrogen-bond donors (Lipinski definition) is 2. The van der Waals surface area contributed by atoms with E-state index in [1.807, 2.05) is 48.5 Å². The van der Waals surface area contributed by atoms with Crippen LogP contribution in [0.4, 0.5) is 0 Å². The lowest BCUT2D eigenvalue weighted by atomic mass is 9.89. The summed E-state index contributed by atoms with van der Waals surface area (Å²) in [6, 6.07) is 19.7. The minimum atomic E-state index is -0.310. The Hall–Kier alpha value is -2.62. The van der Waals surface area contributed by atoms with E-state index in [0.717, 1.165) is 12.0 Å². The third kappa shape index (κ3) is 7.26. The maximum atomic E-state index is 12.5.